The number of nitrogens with zero attached hydrogens (tertiary/aromatic N) is 1. The van der Waals surface area contributed by atoms with Gasteiger partial charge in [-0.2, -0.15) is 0 Å². The molecule has 108 valence electrons. The van der Waals surface area contributed by atoms with Crippen molar-refractivity contribution < 1.29 is 14.0 Å². The number of aryl methyl sites for hydroxylation is 1. The molecular formula is C16H20FNO2. The van der Waals surface area contributed by atoms with Crippen molar-refractivity contribution in [1.82, 2.24) is 4.90 Å². The van der Waals surface area contributed by atoms with Crippen molar-refractivity contribution in [2.45, 2.75) is 33.1 Å². The lowest BCUT2D eigenvalue weighted by molar-refractivity contribution is -0.123. The van der Waals surface area contributed by atoms with Crippen LogP contribution in [0.25, 0.3) is 0 Å². The summed E-state index contributed by atoms with van der Waals surface area (Å²) in [4.78, 5) is 25.7. The lowest BCUT2D eigenvalue weighted by Gasteiger charge is -2.31. The maximum absolute atomic E-state index is 13.2. The Hall–Kier alpha value is -1.71. The molecule has 0 bridgehead atoms. The number of likely N-dealkylation sites (tertiary alicyclic amines) is 1. The van der Waals surface area contributed by atoms with E-state index in [1.54, 1.807) is 17.9 Å². The average molecular weight is 277 g/mol. The van der Waals surface area contributed by atoms with Crippen LogP contribution in [0.15, 0.2) is 18.2 Å². The summed E-state index contributed by atoms with van der Waals surface area (Å²) in [5.41, 5.74) is 0.996. The van der Waals surface area contributed by atoms with Gasteiger partial charge in [-0.3, -0.25) is 9.59 Å². The third-order valence-corrected chi connectivity index (χ3v) is 3.99. The summed E-state index contributed by atoms with van der Waals surface area (Å²) in [6.07, 6.45) is 2.03. The lowest BCUT2D eigenvalue weighted by Crippen LogP contribution is -2.40. The first-order valence-electron chi connectivity index (χ1n) is 7.11. The predicted molar refractivity (Wildman–Crippen MR) is 75.1 cm³/mol. The van der Waals surface area contributed by atoms with E-state index in [2.05, 4.69) is 0 Å². The molecule has 1 amide bonds. The molecule has 1 aliphatic heterocycles. The van der Waals surface area contributed by atoms with E-state index in [-0.39, 0.29) is 23.4 Å². The Kier molecular flexibility index (Phi) is 4.53. The predicted octanol–water partition coefficient (Wildman–Crippen LogP) is 2.97. The maximum Gasteiger partial charge on any atom is 0.253 e. The van der Waals surface area contributed by atoms with Gasteiger partial charge in [0.05, 0.1) is 0 Å². The Morgan fingerprint density at radius 3 is 2.50 bits per heavy atom. The third kappa shape index (κ3) is 3.06. The number of hydrogen-bond donors (Lipinski definition) is 0. The first-order chi connectivity index (χ1) is 9.52. The molecule has 2 rings (SSSR count). The van der Waals surface area contributed by atoms with Gasteiger partial charge in [-0.25, -0.2) is 4.39 Å². The van der Waals surface area contributed by atoms with Gasteiger partial charge < -0.3 is 4.90 Å². The second kappa shape index (κ2) is 6.16. The monoisotopic (exact) mass is 277 g/mol. The van der Waals surface area contributed by atoms with Crippen molar-refractivity contribution >= 4 is 11.7 Å². The van der Waals surface area contributed by atoms with E-state index in [0.29, 0.717) is 30.6 Å². The molecule has 4 heteroatoms. The number of benzene rings is 1. The minimum absolute atomic E-state index is 0.0736. The van der Waals surface area contributed by atoms with Crippen molar-refractivity contribution in [2.75, 3.05) is 13.1 Å². The van der Waals surface area contributed by atoms with E-state index < -0.39 is 0 Å². The fourth-order valence-electron chi connectivity index (χ4n) is 2.65. The van der Waals surface area contributed by atoms with E-state index in [9.17, 15) is 14.0 Å². The molecule has 0 aliphatic carbocycles. The normalized spacial score (nSPS) is 16.2. The van der Waals surface area contributed by atoms with Gasteiger partial charge in [0.2, 0.25) is 0 Å². The van der Waals surface area contributed by atoms with Gasteiger partial charge in [-0.15, -0.1) is 0 Å². The van der Waals surface area contributed by atoms with Crippen molar-refractivity contribution in [3.05, 3.63) is 35.1 Å². The number of carbonyl (C=O) groups excluding carboxylic acids is 2. The smallest absolute Gasteiger partial charge is 0.253 e. The van der Waals surface area contributed by atoms with Gasteiger partial charge in [0.15, 0.2) is 0 Å². The quantitative estimate of drug-likeness (QED) is 0.851. The molecule has 1 aromatic carbocycles. The molecule has 1 saturated heterocycles. The zero-order chi connectivity index (χ0) is 14.7. The topological polar surface area (TPSA) is 37.4 Å². The average Bonchev–Trinajstić information content (AvgIpc) is 2.48. The zero-order valence-electron chi connectivity index (χ0n) is 12.0. The molecule has 1 aromatic rings. The maximum atomic E-state index is 13.2. The molecule has 1 aliphatic rings. The number of carbonyl (C=O) groups is 2. The number of ketones is 1. The van der Waals surface area contributed by atoms with Gasteiger partial charge >= 0.3 is 0 Å². The molecule has 0 atom stereocenters. The molecule has 1 heterocycles. The highest BCUT2D eigenvalue weighted by Crippen LogP contribution is 2.21. The van der Waals surface area contributed by atoms with Crippen LogP contribution >= 0.6 is 0 Å². The molecule has 0 saturated carbocycles. The third-order valence-electron chi connectivity index (χ3n) is 3.99. The van der Waals surface area contributed by atoms with Gasteiger partial charge in [0, 0.05) is 31.0 Å². The first kappa shape index (κ1) is 14.7. The van der Waals surface area contributed by atoms with E-state index in [1.807, 2.05) is 6.92 Å². The van der Waals surface area contributed by atoms with Crippen molar-refractivity contribution in [1.29, 1.82) is 0 Å². The Morgan fingerprint density at radius 2 is 1.95 bits per heavy atom. The highest BCUT2D eigenvalue weighted by atomic mass is 19.1. The standard InChI is InChI=1S/C16H20FNO2/c1-3-15(19)12-6-8-18(9-7-12)16(20)13-4-5-14(17)11(2)10-13/h4-5,10,12H,3,6-9H2,1-2H3. The van der Waals surface area contributed by atoms with E-state index in [4.69, 9.17) is 0 Å². The molecule has 0 N–H and O–H groups in total. The van der Waals surface area contributed by atoms with Crippen LogP contribution in [0.5, 0.6) is 0 Å². The van der Waals surface area contributed by atoms with Crippen LogP contribution in [0.1, 0.15) is 42.1 Å². The SMILES string of the molecule is CCC(=O)C1CCN(C(=O)c2ccc(F)c(C)c2)CC1. The number of piperidine rings is 1. The van der Waals surface area contributed by atoms with Crippen LogP contribution in [0.4, 0.5) is 4.39 Å². The Labute approximate surface area is 118 Å². The van der Waals surface area contributed by atoms with E-state index in [1.165, 1.54) is 12.1 Å². The van der Waals surface area contributed by atoms with Crippen LogP contribution in [0, 0.1) is 18.7 Å². The Morgan fingerprint density at radius 1 is 1.30 bits per heavy atom. The molecular weight excluding hydrogens is 257 g/mol. The Balaban J connectivity index is 2.01. The second-order valence-electron chi connectivity index (χ2n) is 5.35. The first-order valence-corrected chi connectivity index (χ1v) is 7.11. The van der Waals surface area contributed by atoms with E-state index in [0.717, 1.165) is 12.8 Å². The molecule has 3 nitrogen and oxygen atoms in total. The van der Waals surface area contributed by atoms with Gasteiger partial charge in [0.25, 0.3) is 5.91 Å². The summed E-state index contributed by atoms with van der Waals surface area (Å²) in [6.45, 7) is 4.73. The van der Waals surface area contributed by atoms with Crippen LogP contribution in [0.3, 0.4) is 0 Å². The largest absolute Gasteiger partial charge is 0.339 e. The van der Waals surface area contributed by atoms with Gasteiger partial charge in [-0.05, 0) is 43.5 Å². The van der Waals surface area contributed by atoms with Crippen LogP contribution < -0.4 is 0 Å². The summed E-state index contributed by atoms with van der Waals surface area (Å²) in [7, 11) is 0. The van der Waals surface area contributed by atoms with Crippen molar-refractivity contribution in [2.24, 2.45) is 5.92 Å². The molecule has 0 radical (unpaired) electrons. The molecule has 1 fully saturated rings. The lowest BCUT2D eigenvalue weighted by atomic mass is 9.91. The summed E-state index contributed by atoms with van der Waals surface area (Å²) < 4.78 is 13.2. The molecule has 0 unspecified atom stereocenters. The van der Waals surface area contributed by atoms with E-state index >= 15 is 0 Å². The van der Waals surface area contributed by atoms with Crippen LogP contribution in [0.2, 0.25) is 0 Å². The number of amides is 1. The summed E-state index contributed by atoms with van der Waals surface area (Å²) in [5.74, 6) is 0.0121. The van der Waals surface area contributed by atoms with Gasteiger partial charge in [-0.1, -0.05) is 6.92 Å². The summed E-state index contributed by atoms with van der Waals surface area (Å²) >= 11 is 0. The highest BCUT2D eigenvalue weighted by molar-refractivity contribution is 5.94. The molecule has 0 aromatic heterocycles. The fraction of sp³-hybridized carbons (Fsp3) is 0.500. The number of hydrogen-bond acceptors (Lipinski definition) is 2. The Bertz CT molecular complexity index is 519. The van der Waals surface area contributed by atoms with Crippen molar-refractivity contribution in [3.63, 3.8) is 0 Å². The number of rotatable bonds is 3. The minimum Gasteiger partial charge on any atom is -0.339 e. The molecule has 0 spiro atoms. The minimum atomic E-state index is -0.297. The van der Waals surface area contributed by atoms with Crippen molar-refractivity contribution in [3.8, 4) is 0 Å². The van der Waals surface area contributed by atoms with Gasteiger partial charge in [0.1, 0.15) is 11.6 Å². The second-order valence-corrected chi connectivity index (χ2v) is 5.35. The number of halogens is 1. The highest BCUT2D eigenvalue weighted by Gasteiger charge is 2.26. The fourth-order valence-corrected chi connectivity index (χ4v) is 2.65. The summed E-state index contributed by atoms with van der Waals surface area (Å²) in [6, 6.07) is 4.44. The van der Waals surface area contributed by atoms with Crippen LogP contribution in [-0.2, 0) is 4.79 Å². The zero-order valence-corrected chi connectivity index (χ0v) is 12.0. The summed E-state index contributed by atoms with van der Waals surface area (Å²) in [5, 5.41) is 0. The molecule has 20 heavy (non-hydrogen) atoms. The van der Waals surface area contributed by atoms with Crippen LogP contribution in [-0.4, -0.2) is 29.7 Å². The number of Topliss-reactive ketones (excluding diaryl/α,β-unsaturated/α-hetero) is 1.